The lowest BCUT2D eigenvalue weighted by molar-refractivity contribution is -0.125. The van der Waals surface area contributed by atoms with Gasteiger partial charge in [0.05, 0.1) is 30.2 Å². The minimum atomic E-state index is -0.570. The van der Waals surface area contributed by atoms with E-state index in [4.69, 9.17) is 5.73 Å². The van der Waals surface area contributed by atoms with Gasteiger partial charge in [0, 0.05) is 18.2 Å². The van der Waals surface area contributed by atoms with E-state index in [1.165, 1.54) is 0 Å². The van der Waals surface area contributed by atoms with E-state index in [-0.39, 0.29) is 17.9 Å². The molecule has 1 fully saturated rings. The van der Waals surface area contributed by atoms with Crippen LogP contribution in [0.15, 0.2) is 12.4 Å². The fourth-order valence-electron chi connectivity index (χ4n) is 2.09. The van der Waals surface area contributed by atoms with Gasteiger partial charge in [-0.15, -0.1) is 0 Å². The molecule has 6 nitrogen and oxygen atoms in total. The van der Waals surface area contributed by atoms with Gasteiger partial charge in [0.25, 0.3) is 0 Å². The maximum atomic E-state index is 11.9. The SMILES string of the molecule is Cc1cnc(CNC(=O)[C@H]2C[C@@H](N)[C@H](O)C2)cn1. The monoisotopic (exact) mass is 250 g/mol. The molecule has 1 saturated carbocycles. The van der Waals surface area contributed by atoms with E-state index in [1.807, 2.05) is 6.92 Å². The molecule has 0 radical (unpaired) electrons. The van der Waals surface area contributed by atoms with Crippen molar-refractivity contribution in [3.8, 4) is 0 Å². The molecule has 1 aliphatic carbocycles. The first-order chi connectivity index (χ1) is 8.56. The van der Waals surface area contributed by atoms with Crippen LogP contribution in [0.5, 0.6) is 0 Å². The highest BCUT2D eigenvalue weighted by Crippen LogP contribution is 2.24. The van der Waals surface area contributed by atoms with Crippen molar-refractivity contribution in [3.63, 3.8) is 0 Å². The van der Waals surface area contributed by atoms with E-state index in [0.717, 1.165) is 11.4 Å². The number of aryl methyl sites for hydroxylation is 1. The summed E-state index contributed by atoms with van der Waals surface area (Å²) in [5, 5.41) is 12.3. The molecule has 1 aromatic rings. The normalized spacial score (nSPS) is 27.2. The highest BCUT2D eigenvalue weighted by molar-refractivity contribution is 5.79. The Morgan fingerprint density at radius 2 is 2.28 bits per heavy atom. The van der Waals surface area contributed by atoms with Gasteiger partial charge in [-0.25, -0.2) is 0 Å². The first-order valence-corrected chi connectivity index (χ1v) is 6.05. The van der Waals surface area contributed by atoms with Crippen LogP contribution >= 0.6 is 0 Å². The molecule has 1 heterocycles. The van der Waals surface area contributed by atoms with Gasteiger partial charge < -0.3 is 16.2 Å². The third kappa shape index (κ3) is 3.02. The van der Waals surface area contributed by atoms with Crippen molar-refractivity contribution in [1.29, 1.82) is 0 Å². The molecule has 6 heteroatoms. The molecule has 98 valence electrons. The van der Waals surface area contributed by atoms with Gasteiger partial charge in [-0.2, -0.15) is 0 Å². The maximum absolute atomic E-state index is 11.9. The van der Waals surface area contributed by atoms with Crippen LogP contribution in [-0.2, 0) is 11.3 Å². The van der Waals surface area contributed by atoms with Gasteiger partial charge in [-0.1, -0.05) is 0 Å². The Morgan fingerprint density at radius 1 is 1.50 bits per heavy atom. The van der Waals surface area contributed by atoms with E-state index < -0.39 is 6.10 Å². The first kappa shape index (κ1) is 12.9. The van der Waals surface area contributed by atoms with Gasteiger partial charge in [-0.05, 0) is 19.8 Å². The van der Waals surface area contributed by atoms with E-state index >= 15 is 0 Å². The molecule has 1 aliphatic rings. The van der Waals surface area contributed by atoms with Crippen molar-refractivity contribution in [2.45, 2.75) is 38.5 Å². The highest BCUT2D eigenvalue weighted by Gasteiger charge is 2.34. The predicted octanol–water partition coefficient (Wildman–Crippen LogP) is -0.501. The number of aliphatic hydroxyl groups excluding tert-OH is 1. The number of carbonyl (C=O) groups is 1. The molecule has 1 aromatic heterocycles. The molecular weight excluding hydrogens is 232 g/mol. The summed E-state index contributed by atoms with van der Waals surface area (Å²) in [5.74, 6) is -0.280. The second kappa shape index (κ2) is 5.41. The van der Waals surface area contributed by atoms with Crippen LogP contribution < -0.4 is 11.1 Å². The van der Waals surface area contributed by atoms with Crippen molar-refractivity contribution in [3.05, 3.63) is 23.8 Å². The van der Waals surface area contributed by atoms with Gasteiger partial charge in [0.15, 0.2) is 0 Å². The Labute approximate surface area is 106 Å². The Hall–Kier alpha value is -1.53. The van der Waals surface area contributed by atoms with E-state index in [9.17, 15) is 9.90 Å². The van der Waals surface area contributed by atoms with Crippen LogP contribution in [0, 0.1) is 12.8 Å². The molecule has 3 atom stereocenters. The quantitative estimate of drug-likeness (QED) is 0.671. The van der Waals surface area contributed by atoms with Crippen molar-refractivity contribution >= 4 is 5.91 Å². The number of aromatic nitrogens is 2. The zero-order valence-electron chi connectivity index (χ0n) is 10.3. The van der Waals surface area contributed by atoms with Crippen LogP contribution in [0.4, 0.5) is 0 Å². The van der Waals surface area contributed by atoms with E-state index in [1.54, 1.807) is 12.4 Å². The van der Waals surface area contributed by atoms with Crippen molar-refractivity contribution in [2.75, 3.05) is 0 Å². The summed E-state index contributed by atoms with van der Waals surface area (Å²) in [6.45, 7) is 2.21. The van der Waals surface area contributed by atoms with Crippen LogP contribution in [0.2, 0.25) is 0 Å². The second-order valence-corrected chi connectivity index (χ2v) is 4.77. The Bertz CT molecular complexity index is 411. The van der Waals surface area contributed by atoms with Crippen LogP contribution in [0.1, 0.15) is 24.2 Å². The molecule has 0 bridgehead atoms. The van der Waals surface area contributed by atoms with Crippen LogP contribution in [-0.4, -0.2) is 33.1 Å². The lowest BCUT2D eigenvalue weighted by Crippen LogP contribution is -2.30. The molecule has 0 saturated heterocycles. The molecule has 0 spiro atoms. The molecular formula is C12H18N4O2. The number of hydrogen-bond donors (Lipinski definition) is 3. The number of aliphatic hydroxyl groups is 1. The van der Waals surface area contributed by atoms with Crippen molar-refractivity contribution < 1.29 is 9.90 Å². The number of amides is 1. The Balaban J connectivity index is 1.83. The zero-order valence-corrected chi connectivity index (χ0v) is 10.3. The Morgan fingerprint density at radius 3 is 2.83 bits per heavy atom. The molecule has 0 unspecified atom stereocenters. The van der Waals surface area contributed by atoms with Gasteiger partial charge >= 0.3 is 0 Å². The summed E-state index contributed by atoms with van der Waals surface area (Å²) in [4.78, 5) is 20.1. The third-order valence-electron chi connectivity index (χ3n) is 3.23. The molecule has 0 aliphatic heterocycles. The number of nitrogens with one attached hydrogen (secondary N) is 1. The minimum absolute atomic E-state index is 0.0793. The third-order valence-corrected chi connectivity index (χ3v) is 3.23. The Kier molecular flexibility index (Phi) is 3.88. The number of nitrogens with zero attached hydrogens (tertiary/aromatic N) is 2. The largest absolute Gasteiger partial charge is 0.391 e. The zero-order chi connectivity index (χ0) is 13.1. The molecule has 2 rings (SSSR count). The van der Waals surface area contributed by atoms with Gasteiger partial charge in [0.2, 0.25) is 5.91 Å². The average molecular weight is 250 g/mol. The summed E-state index contributed by atoms with van der Waals surface area (Å²) >= 11 is 0. The lowest BCUT2D eigenvalue weighted by atomic mass is 10.1. The van der Waals surface area contributed by atoms with Crippen molar-refractivity contribution in [1.82, 2.24) is 15.3 Å². The first-order valence-electron chi connectivity index (χ1n) is 6.05. The van der Waals surface area contributed by atoms with E-state index in [2.05, 4.69) is 15.3 Å². The highest BCUT2D eigenvalue weighted by atomic mass is 16.3. The topological polar surface area (TPSA) is 101 Å². The summed E-state index contributed by atoms with van der Waals surface area (Å²) in [6, 6.07) is -0.292. The second-order valence-electron chi connectivity index (χ2n) is 4.77. The fraction of sp³-hybridized carbons (Fsp3) is 0.583. The molecule has 4 N–H and O–H groups in total. The lowest BCUT2D eigenvalue weighted by Gasteiger charge is -2.09. The standard InChI is InChI=1S/C12H18N4O2/c1-7-4-15-9(5-14-7)6-16-12(18)8-2-10(13)11(17)3-8/h4-5,8,10-11,17H,2-3,6,13H2,1H3,(H,16,18)/t8-,10+,11+/m0/s1. The number of nitrogens with two attached hydrogens (primary N) is 1. The van der Waals surface area contributed by atoms with Gasteiger partial charge in [-0.3, -0.25) is 14.8 Å². The minimum Gasteiger partial charge on any atom is -0.391 e. The predicted molar refractivity (Wildman–Crippen MR) is 65.3 cm³/mol. The van der Waals surface area contributed by atoms with Crippen molar-refractivity contribution in [2.24, 2.45) is 11.7 Å². The summed E-state index contributed by atoms with van der Waals surface area (Å²) < 4.78 is 0. The van der Waals surface area contributed by atoms with Crippen LogP contribution in [0.25, 0.3) is 0 Å². The summed E-state index contributed by atoms with van der Waals surface area (Å²) in [7, 11) is 0. The summed E-state index contributed by atoms with van der Waals surface area (Å²) in [5.41, 5.74) is 7.24. The number of carbonyl (C=O) groups excluding carboxylic acids is 1. The molecule has 0 aromatic carbocycles. The van der Waals surface area contributed by atoms with E-state index in [0.29, 0.717) is 19.4 Å². The number of hydrogen-bond acceptors (Lipinski definition) is 5. The smallest absolute Gasteiger partial charge is 0.223 e. The van der Waals surface area contributed by atoms with Crippen LogP contribution in [0.3, 0.4) is 0 Å². The average Bonchev–Trinajstić information content (AvgIpc) is 2.69. The summed E-state index contributed by atoms with van der Waals surface area (Å²) in [6.07, 6.45) is 3.71. The fourth-order valence-corrected chi connectivity index (χ4v) is 2.09. The van der Waals surface area contributed by atoms with Gasteiger partial charge in [0.1, 0.15) is 0 Å². The number of rotatable bonds is 3. The molecule has 18 heavy (non-hydrogen) atoms. The maximum Gasteiger partial charge on any atom is 0.223 e. The molecule has 1 amide bonds.